The number of hydrogen-bond donors (Lipinski definition) is 0. The number of rotatable bonds is 6. The lowest BCUT2D eigenvalue weighted by atomic mass is 10.1. The zero-order chi connectivity index (χ0) is 13.7. The average Bonchev–Trinajstić information content (AvgIpc) is 2.91. The van der Waals surface area contributed by atoms with Gasteiger partial charge in [-0.05, 0) is 44.7 Å². The molecule has 1 aliphatic rings. The van der Waals surface area contributed by atoms with Crippen molar-refractivity contribution >= 4 is 5.82 Å². The molecule has 2 heterocycles. The number of methoxy groups -OCH3 is 1. The number of anilines is 1. The minimum absolute atomic E-state index is 0.473. The Kier molecular flexibility index (Phi) is 5.02. The van der Waals surface area contributed by atoms with Gasteiger partial charge in [-0.2, -0.15) is 0 Å². The molecule has 4 heteroatoms. The minimum atomic E-state index is 0.473. The molecule has 4 nitrogen and oxygen atoms in total. The average molecular weight is 264 g/mol. The van der Waals surface area contributed by atoms with Gasteiger partial charge in [-0.3, -0.25) is 0 Å². The summed E-state index contributed by atoms with van der Waals surface area (Å²) >= 11 is 0. The fourth-order valence-corrected chi connectivity index (χ4v) is 2.50. The van der Waals surface area contributed by atoms with E-state index in [0.717, 1.165) is 43.3 Å². The molecule has 1 aromatic rings. The number of pyridine rings is 1. The topological polar surface area (TPSA) is 34.6 Å². The van der Waals surface area contributed by atoms with Crippen LogP contribution in [0.3, 0.4) is 0 Å². The molecule has 106 valence electrons. The van der Waals surface area contributed by atoms with E-state index in [2.05, 4.69) is 16.9 Å². The van der Waals surface area contributed by atoms with E-state index in [1.165, 1.54) is 12.8 Å². The number of nitrogens with zero attached hydrogens (tertiary/aromatic N) is 2. The van der Waals surface area contributed by atoms with Crippen LogP contribution in [0.5, 0.6) is 5.75 Å². The lowest BCUT2D eigenvalue weighted by Crippen LogP contribution is -2.22. The maximum atomic E-state index is 5.65. The predicted octanol–water partition coefficient (Wildman–Crippen LogP) is 2.79. The third-order valence-electron chi connectivity index (χ3n) is 3.60. The van der Waals surface area contributed by atoms with Crippen molar-refractivity contribution in [2.45, 2.75) is 38.7 Å². The van der Waals surface area contributed by atoms with Gasteiger partial charge in [-0.1, -0.05) is 0 Å². The van der Waals surface area contributed by atoms with Gasteiger partial charge in [0, 0.05) is 25.9 Å². The summed E-state index contributed by atoms with van der Waals surface area (Å²) in [5.74, 6) is 1.76. The van der Waals surface area contributed by atoms with Crippen molar-refractivity contribution < 1.29 is 9.47 Å². The molecule has 0 saturated carbocycles. The van der Waals surface area contributed by atoms with Gasteiger partial charge in [0.25, 0.3) is 0 Å². The van der Waals surface area contributed by atoms with E-state index < -0.39 is 0 Å². The van der Waals surface area contributed by atoms with Crippen molar-refractivity contribution in [2.24, 2.45) is 0 Å². The van der Waals surface area contributed by atoms with Crippen LogP contribution in [0.15, 0.2) is 12.1 Å². The van der Waals surface area contributed by atoms with Gasteiger partial charge in [0.1, 0.15) is 0 Å². The van der Waals surface area contributed by atoms with Crippen LogP contribution >= 0.6 is 0 Å². The Bertz CT molecular complexity index is 403. The maximum Gasteiger partial charge on any atom is 0.171 e. The fraction of sp³-hybridized carbons (Fsp3) is 0.667. The Labute approximate surface area is 115 Å². The molecule has 1 saturated heterocycles. The Hall–Kier alpha value is -1.29. The number of aryl methyl sites for hydroxylation is 1. The first-order valence-electron chi connectivity index (χ1n) is 7.05. The molecule has 1 atom stereocenters. The molecular formula is C15H24N2O2. The van der Waals surface area contributed by atoms with Gasteiger partial charge < -0.3 is 14.4 Å². The molecule has 0 spiro atoms. The molecule has 1 unspecified atom stereocenters. The summed E-state index contributed by atoms with van der Waals surface area (Å²) in [4.78, 5) is 6.73. The largest absolute Gasteiger partial charge is 0.493 e. The Balaban J connectivity index is 1.87. The highest BCUT2D eigenvalue weighted by Crippen LogP contribution is 2.25. The number of aromatic nitrogens is 1. The lowest BCUT2D eigenvalue weighted by Gasteiger charge is -2.21. The van der Waals surface area contributed by atoms with E-state index in [4.69, 9.17) is 9.47 Å². The molecule has 19 heavy (non-hydrogen) atoms. The van der Waals surface area contributed by atoms with Crippen LogP contribution in [0.2, 0.25) is 0 Å². The molecule has 0 aliphatic carbocycles. The van der Waals surface area contributed by atoms with Crippen molar-refractivity contribution in [3.63, 3.8) is 0 Å². The van der Waals surface area contributed by atoms with Gasteiger partial charge in [0.15, 0.2) is 11.6 Å². The van der Waals surface area contributed by atoms with E-state index in [1.54, 1.807) is 7.11 Å². The smallest absolute Gasteiger partial charge is 0.171 e. The van der Waals surface area contributed by atoms with E-state index in [1.807, 2.05) is 19.1 Å². The SMILES string of the molecule is COc1ccc(C)nc1N(C)CCCC1CCCO1. The molecule has 2 rings (SSSR count). The second-order valence-corrected chi connectivity index (χ2v) is 5.18. The van der Waals surface area contributed by atoms with Gasteiger partial charge >= 0.3 is 0 Å². The molecule has 0 bridgehead atoms. The Morgan fingerprint density at radius 2 is 2.32 bits per heavy atom. The van der Waals surface area contributed by atoms with Crippen LogP contribution < -0.4 is 9.64 Å². The zero-order valence-electron chi connectivity index (χ0n) is 12.2. The summed E-state index contributed by atoms with van der Waals surface area (Å²) in [6, 6.07) is 3.96. The van der Waals surface area contributed by atoms with Gasteiger partial charge in [0.2, 0.25) is 0 Å². The first-order valence-corrected chi connectivity index (χ1v) is 7.05. The standard InChI is InChI=1S/C15H24N2O2/c1-12-8-9-14(18-3)15(16-12)17(2)10-4-6-13-7-5-11-19-13/h8-9,13H,4-7,10-11H2,1-3H3. The van der Waals surface area contributed by atoms with Gasteiger partial charge in [-0.15, -0.1) is 0 Å². The molecule has 1 aromatic heterocycles. The molecule has 0 amide bonds. The zero-order valence-corrected chi connectivity index (χ0v) is 12.2. The number of ether oxygens (including phenoxy) is 2. The van der Waals surface area contributed by atoms with Gasteiger partial charge in [-0.25, -0.2) is 4.98 Å². The van der Waals surface area contributed by atoms with Crippen LogP contribution in [-0.2, 0) is 4.74 Å². The summed E-state index contributed by atoms with van der Waals surface area (Å²) < 4.78 is 11.0. The third-order valence-corrected chi connectivity index (χ3v) is 3.60. The van der Waals surface area contributed by atoms with E-state index in [-0.39, 0.29) is 0 Å². The first-order chi connectivity index (χ1) is 9.20. The van der Waals surface area contributed by atoms with Crippen LogP contribution in [0.1, 0.15) is 31.4 Å². The van der Waals surface area contributed by atoms with Crippen molar-refractivity contribution in [2.75, 3.05) is 32.2 Å². The van der Waals surface area contributed by atoms with Crippen LogP contribution in [-0.4, -0.2) is 38.4 Å². The van der Waals surface area contributed by atoms with Crippen molar-refractivity contribution in [1.29, 1.82) is 0 Å². The maximum absolute atomic E-state index is 5.65. The molecule has 0 aromatic carbocycles. The number of hydrogen-bond acceptors (Lipinski definition) is 4. The van der Waals surface area contributed by atoms with Gasteiger partial charge in [0.05, 0.1) is 13.2 Å². The van der Waals surface area contributed by atoms with Crippen molar-refractivity contribution in [3.8, 4) is 5.75 Å². The summed E-state index contributed by atoms with van der Waals surface area (Å²) in [7, 11) is 3.76. The summed E-state index contributed by atoms with van der Waals surface area (Å²) in [6.07, 6.45) is 5.17. The van der Waals surface area contributed by atoms with Crippen molar-refractivity contribution in [3.05, 3.63) is 17.8 Å². The summed E-state index contributed by atoms with van der Waals surface area (Å²) in [5, 5.41) is 0. The van der Waals surface area contributed by atoms with Crippen LogP contribution in [0.4, 0.5) is 5.82 Å². The monoisotopic (exact) mass is 264 g/mol. The molecular weight excluding hydrogens is 240 g/mol. The Morgan fingerprint density at radius 3 is 3.00 bits per heavy atom. The second kappa shape index (κ2) is 6.75. The lowest BCUT2D eigenvalue weighted by molar-refractivity contribution is 0.103. The van der Waals surface area contributed by atoms with Crippen LogP contribution in [0, 0.1) is 6.92 Å². The highest BCUT2D eigenvalue weighted by molar-refractivity contribution is 5.52. The summed E-state index contributed by atoms with van der Waals surface area (Å²) in [6.45, 7) is 3.92. The van der Waals surface area contributed by atoms with Crippen LogP contribution in [0.25, 0.3) is 0 Å². The molecule has 1 aliphatic heterocycles. The molecule has 0 N–H and O–H groups in total. The quantitative estimate of drug-likeness (QED) is 0.791. The van der Waals surface area contributed by atoms with E-state index in [9.17, 15) is 0 Å². The summed E-state index contributed by atoms with van der Waals surface area (Å²) in [5.41, 5.74) is 1.02. The molecule has 1 fully saturated rings. The Morgan fingerprint density at radius 1 is 1.47 bits per heavy atom. The molecule has 0 radical (unpaired) electrons. The van der Waals surface area contributed by atoms with E-state index in [0.29, 0.717) is 6.10 Å². The third kappa shape index (κ3) is 3.83. The normalized spacial score (nSPS) is 18.6. The predicted molar refractivity (Wildman–Crippen MR) is 77.0 cm³/mol. The van der Waals surface area contributed by atoms with Crippen molar-refractivity contribution in [1.82, 2.24) is 4.98 Å². The highest BCUT2D eigenvalue weighted by Gasteiger charge is 2.16. The highest BCUT2D eigenvalue weighted by atomic mass is 16.5. The fourth-order valence-electron chi connectivity index (χ4n) is 2.50. The minimum Gasteiger partial charge on any atom is -0.493 e. The van der Waals surface area contributed by atoms with E-state index >= 15 is 0 Å². The second-order valence-electron chi connectivity index (χ2n) is 5.18. The first kappa shape index (κ1) is 14.1.